The Labute approximate surface area is 192 Å². The average molecular weight is 438 g/mol. The topological polar surface area (TPSA) is 26.8 Å². The molecule has 5 heteroatoms. The van der Waals surface area contributed by atoms with Crippen molar-refractivity contribution in [2.45, 2.75) is 32.7 Å². The first-order valence-electron chi connectivity index (χ1n) is 12.1. The molecule has 2 saturated heterocycles. The van der Waals surface area contributed by atoms with Crippen LogP contribution in [-0.2, 0) is 6.54 Å². The highest BCUT2D eigenvalue weighted by atomic mass is 19.1. The van der Waals surface area contributed by atoms with Gasteiger partial charge in [-0.25, -0.2) is 4.39 Å². The van der Waals surface area contributed by atoms with Crippen molar-refractivity contribution < 1.29 is 9.18 Å². The van der Waals surface area contributed by atoms with Gasteiger partial charge in [-0.15, -0.1) is 0 Å². The molecule has 2 heterocycles. The number of piperazine rings is 1. The first kappa shape index (κ1) is 23.1. The predicted molar refractivity (Wildman–Crippen MR) is 127 cm³/mol. The molecule has 0 aliphatic carbocycles. The van der Waals surface area contributed by atoms with Crippen LogP contribution in [0.3, 0.4) is 0 Å². The highest BCUT2D eigenvalue weighted by molar-refractivity contribution is 5.97. The molecule has 2 aliphatic heterocycles. The highest BCUT2D eigenvalue weighted by Gasteiger charge is 2.26. The fourth-order valence-electron chi connectivity index (χ4n) is 4.99. The molecule has 4 rings (SSSR count). The zero-order chi connectivity index (χ0) is 22.3. The second kappa shape index (κ2) is 11.2. The van der Waals surface area contributed by atoms with Crippen molar-refractivity contribution in [3.05, 3.63) is 71.0 Å². The summed E-state index contributed by atoms with van der Waals surface area (Å²) < 4.78 is 13.1. The Kier molecular flexibility index (Phi) is 8.06. The van der Waals surface area contributed by atoms with Gasteiger partial charge in [-0.1, -0.05) is 24.3 Å². The maximum Gasteiger partial charge on any atom is 0.166 e. The number of halogens is 1. The smallest absolute Gasteiger partial charge is 0.166 e. The van der Waals surface area contributed by atoms with E-state index >= 15 is 0 Å². The van der Waals surface area contributed by atoms with Gasteiger partial charge in [-0.2, -0.15) is 0 Å². The summed E-state index contributed by atoms with van der Waals surface area (Å²) in [6, 6.07) is 14.7. The Morgan fingerprint density at radius 3 is 2.09 bits per heavy atom. The van der Waals surface area contributed by atoms with Gasteiger partial charge in [0, 0.05) is 44.2 Å². The first-order valence-corrected chi connectivity index (χ1v) is 12.1. The summed E-state index contributed by atoms with van der Waals surface area (Å²) in [5, 5.41) is 0. The van der Waals surface area contributed by atoms with E-state index in [1.807, 2.05) is 0 Å². The van der Waals surface area contributed by atoms with E-state index in [1.165, 1.54) is 29.7 Å². The minimum absolute atomic E-state index is 0.0815. The fourth-order valence-corrected chi connectivity index (χ4v) is 4.99. The molecule has 172 valence electrons. The van der Waals surface area contributed by atoms with E-state index in [0.717, 1.165) is 71.7 Å². The summed E-state index contributed by atoms with van der Waals surface area (Å²) in [5.74, 6) is -0.0321. The summed E-state index contributed by atoms with van der Waals surface area (Å²) in [5.41, 5.74) is 3.48. The van der Waals surface area contributed by atoms with Gasteiger partial charge in [0.05, 0.1) is 0 Å². The molecule has 0 spiro atoms. The molecule has 0 aromatic heterocycles. The number of ketones is 1. The normalized spacial score (nSPS) is 19.3. The lowest BCUT2D eigenvalue weighted by atomic mass is 9.89. The number of Topliss-reactive ketones (excluding diaryl/α,β-unsaturated/α-hetero) is 1. The third-order valence-corrected chi connectivity index (χ3v) is 7.16. The Morgan fingerprint density at radius 1 is 0.844 bits per heavy atom. The number of carbonyl (C=O) groups is 1. The van der Waals surface area contributed by atoms with Gasteiger partial charge in [0.2, 0.25) is 0 Å². The molecule has 4 nitrogen and oxygen atoms in total. The number of hydrogen-bond acceptors (Lipinski definition) is 4. The van der Waals surface area contributed by atoms with Crippen LogP contribution in [0.2, 0.25) is 0 Å². The van der Waals surface area contributed by atoms with Gasteiger partial charge >= 0.3 is 0 Å². The van der Waals surface area contributed by atoms with Crippen molar-refractivity contribution in [1.29, 1.82) is 0 Å². The van der Waals surface area contributed by atoms with Crippen LogP contribution in [0.5, 0.6) is 0 Å². The number of likely N-dealkylation sites (tertiary alicyclic amines) is 1. The molecule has 0 N–H and O–H groups in total. The van der Waals surface area contributed by atoms with Crippen molar-refractivity contribution >= 4 is 5.78 Å². The molecule has 0 amide bonds. The molecule has 0 radical (unpaired) electrons. The Morgan fingerprint density at radius 2 is 1.44 bits per heavy atom. The van der Waals surface area contributed by atoms with Crippen LogP contribution < -0.4 is 0 Å². The standard InChI is InChI=1S/C27H36FN3O/c1-22-5-2-3-6-25(22)21-31-19-17-30(18-20-31)14-4-13-29-15-11-24(12-16-29)27(32)23-7-9-26(28)10-8-23/h2-3,5-10,24H,4,11-21H2,1H3. The molecule has 0 atom stereocenters. The largest absolute Gasteiger partial charge is 0.303 e. The van der Waals surface area contributed by atoms with E-state index in [9.17, 15) is 9.18 Å². The van der Waals surface area contributed by atoms with Crippen LogP contribution >= 0.6 is 0 Å². The Bertz CT molecular complexity index is 869. The van der Waals surface area contributed by atoms with E-state index < -0.39 is 0 Å². The van der Waals surface area contributed by atoms with Crippen LogP contribution in [0, 0.1) is 18.7 Å². The van der Waals surface area contributed by atoms with Crippen LogP contribution in [-0.4, -0.2) is 72.8 Å². The van der Waals surface area contributed by atoms with Crippen molar-refractivity contribution in [3.63, 3.8) is 0 Å². The molecule has 2 aliphatic rings. The molecular weight excluding hydrogens is 401 g/mol. The summed E-state index contributed by atoms with van der Waals surface area (Å²) in [7, 11) is 0. The molecule has 2 fully saturated rings. The molecule has 2 aromatic rings. The summed E-state index contributed by atoms with van der Waals surface area (Å²) in [4.78, 5) is 20.3. The highest BCUT2D eigenvalue weighted by Crippen LogP contribution is 2.22. The summed E-state index contributed by atoms with van der Waals surface area (Å²) in [6.45, 7) is 12.1. The van der Waals surface area contributed by atoms with Crippen molar-refractivity contribution in [2.75, 3.05) is 52.4 Å². The third-order valence-electron chi connectivity index (χ3n) is 7.16. The Balaban J connectivity index is 1.11. The first-order chi connectivity index (χ1) is 15.6. The predicted octanol–water partition coefficient (Wildman–Crippen LogP) is 4.24. The average Bonchev–Trinajstić information content (AvgIpc) is 2.82. The van der Waals surface area contributed by atoms with Crippen LogP contribution in [0.25, 0.3) is 0 Å². The maximum atomic E-state index is 13.1. The second-order valence-electron chi connectivity index (χ2n) is 9.38. The van der Waals surface area contributed by atoms with Gasteiger partial charge in [-0.05, 0) is 87.8 Å². The number of carbonyl (C=O) groups excluding carboxylic acids is 1. The van der Waals surface area contributed by atoms with Crippen LogP contribution in [0.15, 0.2) is 48.5 Å². The van der Waals surface area contributed by atoms with Crippen molar-refractivity contribution in [2.24, 2.45) is 5.92 Å². The van der Waals surface area contributed by atoms with E-state index in [1.54, 1.807) is 12.1 Å². The number of hydrogen-bond donors (Lipinski definition) is 0. The summed E-state index contributed by atoms with van der Waals surface area (Å²) in [6.07, 6.45) is 3.01. The lowest BCUT2D eigenvalue weighted by Gasteiger charge is -2.36. The van der Waals surface area contributed by atoms with Crippen molar-refractivity contribution in [3.8, 4) is 0 Å². The van der Waals surface area contributed by atoms with E-state index in [-0.39, 0.29) is 17.5 Å². The lowest BCUT2D eigenvalue weighted by molar-refractivity contribution is 0.0829. The van der Waals surface area contributed by atoms with Crippen molar-refractivity contribution in [1.82, 2.24) is 14.7 Å². The maximum absolute atomic E-state index is 13.1. The molecule has 32 heavy (non-hydrogen) atoms. The van der Waals surface area contributed by atoms with E-state index in [4.69, 9.17) is 0 Å². The number of aryl methyl sites for hydroxylation is 1. The molecular formula is C27H36FN3O. The number of benzene rings is 2. The van der Waals surface area contributed by atoms with Gasteiger partial charge in [0.1, 0.15) is 5.82 Å². The van der Waals surface area contributed by atoms with Gasteiger partial charge in [0.15, 0.2) is 5.78 Å². The second-order valence-corrected chi connectivity index (χ2v) is 9.38. The van der Waals surface area contributed by atoms with E-state index in [0.29, 0.717) is 5.56 Å². The number of nitrogens with zero attached hydrogens (tertiary/aromatic N) is 3. The van der Waals surface area contributed by atoms with Gasteiger partial charge in [0.25, 0.3) is 0 Å². The van der Waals surface area contributed by atoms with Gasteiger partial charge in [-0.3, -0.25) is 9.69 Å². The van der Waals surface area contributed by atoms with E-state index in [2.05, 4.69) is 45.9 Å². The van der Waals surface area contributed by atoms with Crippen LogP contribution in [0.1, 0.15) is 40.7 Å². The number of piperidine rings is 1. The van der Waals surface area contributed by atoms with Crippen LogP contribution in [0.4, 0.5) is 4.39 Å². The molecule has 0 saturated carbocycles. The zero-order valence-electron chi connectivity index (χ0n) is 19.3. The molecule has 0 bridgehead atoms. The minimum Gasteiger partial charge on any atom is -0.303 e. The number of rotatable bonds is 8. The lowest BCUT2D eigenvalue weighted by Crippen LogP contribution is -2.46. The Hall–Kier alpha value is -2.08. The monoisotopic (exact) mass is 437 g/mol. The SMILES string of the molecule is Cc1ccccc1CN1CCN(CCCN2CCC(C(=O)c3ccc(F)cc3)CC2)CC1. The minimum atomic E-state index is -0.288. The molecule has 2 aromatic carbocycles. The quantitative estimate of drug-likeness (QED) is 0.578. The fraction of sp³-hybridized carbons (Fsp3) is 0.519. The zero-order valence-corrected chi connectivity index (χ0v) is 19.3. The third kappa shape index (κ3) is 6.25. The summed E-state index contributed by atoms with van der Waals surface area (Å²) >= 11 is 0. The van der Waals surface area contributed by atoms with Gasteiger partial charge < -0.3 is 9.80 Å². The molecule has 0 unspecified atom stereocenters.